The molecule has 6 heteroatoms. The monoisotopic (exact) mass is 288 g/mol. The second-order valence-corrected chi connectivity index (χ2v) is 4.62. The first kappa shape index (κ1) is 16.5. The van der Waals surface area contributed by atoms with Crippen LogP contribution in [0.2, 0.25) is 0 Å². The van der Waals surface area contributed by atoms with E-state index >= 15 is 0 Å². The molecule has 0 aliphatic rings. The minimum absolute atomic E-state index is 0.113. The minimum Gasteiger partial charge on any atom is -0.339 e. The minimum atomic E-state index is -4.49. The Morgan fingerprint density at radius 1 is 1.20 bits per heavy atom. The van der Waals surface area contributed by atoms with Crippen molar-refractivity contribution < 1.29 is 18.0 Å². The Labute approximate surface area is 116 Å². The van der Waals surface area contributed by atoms with E-state index in [1.807, 2.05) is 13.8 Å². The molecule has 0 atom stereocenters. The highest BCUT2D eigenvalue weighted by Crippen LogP contribution is 2.28. The summed E-state index contributed by atoms with van der Waals surface area (Å²) in [6.45, 7) is 6.51. The van der Waals surface area contributed by atoms with Crippen molar-refractivity contribution in [1.29, 1.82) is 0 Å². The summed E-state index contributed by atoms with van der Waals surface area (Å²) >= 11 is 0. The summed E-state index contributed by atoms with van der Waals surface area (Å²) in [6.07, 6.45) is -2.88. The Morgan fingerprint density at radius 3 is 2.15 bits per heavy atom. The van der Waals surface area contributed by atoms with E-state index in [-0.39, 0.29) is 17.2 Å². The van der Waals surface area contributed by atoms with Crippen LogP contribution in [0.5, 0.6) is 0 Å². The Hall–Kier alpha value is -1.59. The van der Waals surface area contributed by atoms with Gasteiger partial charge in [0, 0.05) is 13.1 Å². The fourth-order valence-electron chi connectivity index (χ4n) is 1.97. The number of aryl methyl sites for hydroxylation is 1. The first-order valence-corrected chi connectivity index (χ1v) is 6.65. The van der Waals surface area contributed by atoms with Gasteiger partial charge in [0.1, 0.15) is 5.69 Å². The molecule has 1 aromatic rings. The van der Waals surface area contributed by atoms with E-state index in [1.165, 1.54) is 13.0 Å². The van der Waals surface area contributed by atoms with Gasteiger partial charge in [0.25, 0.3) is 5.91 Å². The number of pyridine rings is 1. The molecule has 0 aromatic carbocycles. The van der Waals surface area contributed by atoms with Crippen molar-refractivity contribution in [3.63, 3.8) is 0 Å². The van der Waals surface area contributed by atoms with E-state index in [2.05, 4.69) is 4.98 Å². The fourth-order valence-corrected chi connectivity index (χ4v) is 1.97. The Bertz CT molecular complexity index is 466. The second-order valence-electron chi connectivity index (χ2n) is 4.62. The topological polar surface area (TPSA) is 33.2 Å². The summed E-state index contributed by atoms with van der Waals surface area (Å²) in [4.78, 5) is 17.5. The Kier molecular flexibility index (Phi) is 5.53. The van der Waals surface area contributed by atoms with Crippen LogP contribution in [0.15, 0.2) is 12.1 Å². The zero-order chi connectivity index (χ0) is 15.3. The lowest BCUT2D eigenvalue weighted by molar-refractivity contribution is -0.141. The third-order valence-electron chi connectivity index (χ3n) is 2.88. The summed E-state index contributed by atoms with van der Waals surface area (Å²) in [5.41, 5.74) is -0.619. The van der Waals surface area contributed by atoms with Gasteiger partial charge in [-0.1, -0.05) is 13.8 Å². The molecule has 0 spiro atoms. The van der Waals surface area contributed by atoms with Gasteiger partial charge in [0.15, 0.2) is 0 Å². The highest BCUT2D eigenvalue weighted by molar-refractivity contribution is 5.95. The molecule has 1 heterocycles. The standard InChI is InChI=1S/C14H19F3N2O/c1-4-8-19(9-5-2)13(20)11-6-7-12(14(15,16)17)18-10(11)3/h6-7H,4-5,8-9H2,1-3H3. The number of nitrogens with zero attached hydrogens (tertiary/aromatic N) is 2. The van der Waals surface area contributed by atoms with E-state index in [0.717, 1.165) is 18.9 Å². The number of carbonyl (C=O) groups excluding carboxylic acids is 1. The third-order valence-corrected chi connectivity index (χ3v) is 2.88. The SMILES string of the molecule is CCCN(CCC)C(=O)c1ccc(C(F)(F)F)nc1C. The van der Waals surface area contributed by atoms with Crippen molar-refractivity contribution >= 4 is 5.91 Å². The zero-order valence-electron chi connectivity index (χ0n) is 11.9. The normalized spacial score (nSPS) is 11.5. The maximum atomic E-state index is 12.5. The molecule has 3 nitrogen and oxygen atoms in total. The lowest BCUT2D eigenvalue weighted by Gasteiger charge is -2.22. The molecular weight excluding hydrogens is 269 g/mol. The maximum absolute atomic E-state index is 12.5. The molecule has 0 saturated carbocycles. The van der Waals surface area contributed by atoms with Crippen LogP contribution in [-0.2, 0) is 6.18 Å². The largest absolute Gasteiger partial charge is 0.433 e. The van der Waals surface area contributed by atoms with Crippen LogP contribution >= 0.6 is 0 Å². The highest BCUT2D eigenvalue weighted by atomic mass is 19.4. The third kappa shape index (κ3) is 3.95. The van der Waals surface area contributed by atoms with E-state index < -0.39 is 11.9 Å². The lowest BCUT2D eigenvalue weighted by atomic mass is 10.1. The van der Waals surface area contributed by atoms with Gasteiger partial charge in [-0.2, -0.15) is 13.2 Å². The van der Waals surface area contributed by atoms with Crippen LogP contribution in [0.3, 0.4) is 0 Å². The predicted octanol–water partition coefficient (Wildman–Crippen LogP) is 3.67. The molecule has 0 aliphatic carbocycles. The van der Waals surface area contributed by atoms with E-state index in [1.54, 1.807) is 4.90 Å². The molecule has 0 fully saturated rings. The van der Waals surface area contributed by atoms with Gasteiger partial charge < -0.3 is 4.90 Å². The number of hydrogen-bond donors (Lipinski definition) is 0. The molecule has 112 valence electrons. The number of carbonyl (C=O) groups is 1. The zero-order valence-corrected chi connectivity index (χ0v) is 11.9. The van der Waals surface area contributed by atoms with Crippen LogP contribution in [0.25, 0.3) is 0 Å². The summed E-state index contributed by atoms with van der Waals surface area (Å²) in [6, 6.07) is 2.07. The van der Waals surface area contributed by atoms with Crippen LogP contribution < -0.4 is 0 Å². The summed E-state index contributed by atoms with van der Waals surface area (Å²) in [7, 11) is 0. The van der Waals surface area contributed by atoms with Crippen LogP contribution in [0.4, 0.5) is 13.2 Å². The maximum Gasteiger partial charge on any atom is 0.433 e. The number of aromatic nitrogens is 1. The number of alkyl halides is 3. The number of hydrogen-bond acceptors (Lipinski definition) is 2. The van der Waals surface area contributed by atoms with Gasteiger partial charge in [-0.05, 0) is 31.9 Å². The van der Waals surface area contributed by atoms with Crippen LogP contribution in [0.1, 0.15) is 48.4 Å². The molecule has 0 saturated heterocycles. The number of amides is 1. The Morgan fingerprint density at radius 2 is 1.75 bits per heavy atom. The van der Waals surface area contributed by atoms with E-state index in [9.17, 15) is 18.0 Å². The van der Waals surface area contributed by atoms with Gasteiger partial charge in [-0.3, -0.25) is 4.79 Å². The first-order chi connectivity index (χ1) is 9.31. The second kappa shape index (κ2) is 6.72. The number of halogens is 3. The van der Waals surface area contributed by atoms with Gasteiger partial charge in [0.2, 0.25) is 0 Å². The van der Waals surface area contributed by atoms with E-state index in [4.69, 9.17) is 0 Å². The highest BCUT2D eigenvalue weighted by Gasteiger charge is 2.33. The molecule has 0 bridgehead atoms. The smallest absolute Gasteiger partial charge is 0.339 e. The molecule has 1 amide bonds. The van der Waals surface area contributed by atoms with Crippen molar-refractivity contribution in [2.24, 2.45) is 0 Å². The molecule has 0 N–H and O–H groups in total. The van der Waals surface area contributed by atoms with Crippen molar-refractivity contribution in [2.45, 2.75) is 39.8 Å². The average Bonchev–Trinajstić information content (AvgIpc) is 2.36. The van der Waals surface area contributed by atoms with Crippen molar-refractivity contribution in [3.05, 3.63) is 29.1 Å². The van der Waals surface area contributed by atoms with Gasteiger partial charge in [-0.25, -0.2) is 4.98 Å². The molecule has 0 unspecified atom stereocenters. The summed E-state index contributed by atoms with van der Waals surface area (Å²) in [5.74, 6) is -0.257. The molecule has 20 heavy (non-hydrogen) atoms. The van der Waals surface area contributed by atoms with E-state index in [0.29, 0.717) is 13.1 Å². The quantitative estimate of drug-likeness (QED) is 0.828. The van der Waals surface area contributed by atoms with Crippen LogP contribution in [-0.4, -0.2) is 28.9 Å². The first-order valence-electron chi connectivity index (χ1n) is 6.65. The molecule has 0 radical (unpaired) electrons. The molecule has 1 aromatic heterocycles. The predicted molar refractivity (Wildman–Crippen MR) is 70.5 cm³/mol. The van der Waals surface area contributed by atoms with Crippen molar-refractivity contribution in [2.75, 3.05) is 13.1 Å². The molecule has 1 rings (SSSR count). The lowest BCUT2D eigenvalue weighted by Crippen LogP contribution is -2.33. The molecular formula is C14H19F3N2O. The van der Waals surface area contributed by atoms with Crippen LogP contribution in [0, 0.1) is 6.92 Å². The summed E-state index contributed by atoms with van der Waals surface area (Å²) < 4.78 is 37.6. The average molecular weight is 288 g/mol. The Balaban J connectivity index is 3.04. The fraction of sp³-hybridized carbons (Fsp3) is 0.571. The molecule has 0 aliphatic heterocycles. The van der Waals surface area contributed by atoms with Gasteiger partial charge in [-0.15, -0.1) is 0 Å². The van der Waals surface area contributed by atoms with Gasteiger partial charge >= 0.3 is 6.18 Å². The van der Waals surface area contributed by atoms with Crippen molar-refractivity contribution in [3.8, 4) is 0 Å². The van der Waals surface area contributed by atoms with Gasteiger partial charge in [0.05, 0.1) is 11.3 Å². The number of rotatable bonds is 5. The summed E-state index contributed by atoms with van der Waals surface area (Å²) in [5, 5.41) is 0. The van der Waals surface area contributed by atoms with Crippen molar-refractivity contribution in [1.82, 2.24) is 9.88 Å².